The van der Waals surface area contributed by atoms with Crippen LogP contribution in [0.5, 0.6) is 0 Å². The minimum atomic E-state index is 0.180. The fourth-order valence-corrected chi connectivity index (χ4v) is 3.33. The van der Waals surface area contributed by atoms with Crippen LogP contribution in [0.3, 0.4) is 0 Å². The number of benzene rings is 1. The molecule has 1 fully saturated rings. The van der Waals surface area contributed by atoms with Crippen molar-refractivity contribution >= 4 is 39.9 Å². The second-order valence-electron chi connectivity index (χ2n) is 5.72. The summed E-state index contributed by atoms with van der Waals surface area (Å²) in [6.07, 6.45) is 6.37. The number of imidazole rings is 1. The van der Waals surface area contributed by atoms with Crippen molar-refractivity contribution < 1.29 is 0 Å². The summed E-state index contributed by atoms with van der Waals surface area (Å²) in [5, 5.41) is 1.90. The topological polar surface area (TPSA) is 60.0 Å². The molecule has 5 nitrogen and oxygen atoms in total. The number of hydrogen-bond acceptors (Lipinski definition) is 4. The normalized spacial score (nSPS) is 18.0. The van der Waals surface area contributed by atoms with Crippen molar-refractivity contribution in [1.82, 2.24) is 14.5 Å². The molecule has 23 heavy (non-hydrogen) atoms. The molecule has 2 N–H and O–H groups in total. The molecule has 1 aromatic carbocycles. The molecule has 3 aromatic rings. The maximum absolute atomic E-state index is 6.40. The van der Waals surface area contributed by atoms with E-state index in [9.17, 15) is 0 Å². The lowest BCUT2D eigenvalue weighted by Gasteiger charge is -2.20. The summed E-state index contributed by atoms with van der Waals surface area (Å²) in [6, 6.07) is 5.95. The summed E-state index contributed by atoms with van der Waals surface area (Å²) in [7, 11) is 0. The first-order chi connectivity index (χ1) is 11.1. The van der Waals surface area contributed by atoms with Gasteiger partial charge in [-0.25, -0.2) is 9.97 Å². The van der Waals surface area contributed by atoms with Gasteiger partial charge in [-0.1, -0.05) is 23.2 Å². The van der Waals surface area contributed by atoms with Crippen molar-refractivity contribution in [3.63, 3.8) is 0 Å². The summed E-state index contributed by atoms with van der Waals surface area (Å²) in [4.78, 5) is 11.1. The van der Waals surface area contributed by atoms with Crippen LogP contribution in [0.15, 0.2) is 36.9 Å². The number of halogens is 2. The molecule has 0 amide bonds. The van der Waals surface area contributed by atoms with Crippen molar-refractivity contribution in [1.29, 1.82) is 0 Å². The van der Waals surface area contributed by atoms with Crippen LogP contribution in [0.1, 0.15) is 6.42 Å². The van der Waals surface area contributed by atoms with E-state index in [0.29, 0.717) is 15.6 Å². The quantitative estimate of drug-likeness (QED) is 0.772. The highest BCUT2D eigenvalue weighted by molar-refractivity contribution is 6.45. The molecule has 0 radical (unpaired) electrons. The molecule has 7 heteroatoms. The summed E-state index contributed by atoms with van der Waals surface area (Å²) in [5.74, 6) is 0.860. The summed E-state index contributed by atoms with van der Waals surface area (Å²) >= 11 is 12.6. The average Bonchev–Trinajstić information content (AvgIpc) is 3.21. The van der Waals surface area contributed by atoms with E-state index in [-0.39, 0.29) is 6.04 Å². The average molecular weight is 348 g/mol. The van der Waals surface area contributed by atoms with Gasteiger partial charge in [0.2, 0.25) is 0 Å². The minimum Gasteiger partial charge on any atom is -0.355 e. The standard InChI is InChI=1S/C16H15Cl2N5/c17-12-2-1-11-13(23-6-4-20-9-23)7-14(21-16(11)15(12)18)22-5-3-10(19)8-22/h1-2,4,6-7,9-10H,3,5,8,19H2/t10-/m0/s1. The van der Waals surface area contributed by atoms with E-state index in [4.69, 9.17) is 33.9 Å². The molecule has 0 saturated carbocycles. The van der Waals surface area contributed by atoms with E-state index in [1.807, 2.05) is 22.9 Å². The van der Waals surface area contributed by atoms with Crippen molar-refractivity contribution in [3.8, 4) is 5.69 Å². The van der Waals surface area contributed by atoms with E-state index in [2.05, 4.69) is 9.88 Å². The number of nitrogens with two attached hydrogens (primary N) is 1. The lowest BCUT2D eigenvalue weighted by Crippen LogP contribution is -2.27. The molecule has 4 rings (SSSR count). The molecule has 0 bridgehead atoms. The molecule has 0 spiro atoms. The van der Waals surface area contributed by atoms with Crippen molar-refractivity contribution in [2.45, 2.75) is 12.5 Å². The van der Waals surface area contributed by atoms with Gasteiger partial charge in [0.25, 0.3) is 0 Å². The summed E-state index contributed by atoms with van der Waals surface area (Å²) in [5.41, 5.74) is 7.70. The lowest BCUT2D eigenvalue weighted by molar-refractivity contribution is 0.751. The number of rotatable bonds is 2. The Morgan fingerprint density at radius 3 is 2.83 bits per heavy atom. The fraction of sp³-hybridized carbons (Fsp3) is 0.250. The summed E-state index contributed by atoms with van der Waals surface area (Å²) in [6.45, 7) is 1.68. The van der Waals surface area contributed by atoms with Crippen molar-refractivity contribution in [2.75, 3.05) is 18.0 Å². The van der Waals surface area contributed by atoms with E-state index in [1.165, 1.54) is 0 Å². The van der Waals surface area contributed by atoms with Gasteiger partial charge in [0.05, 0.1) is 27.6 Å². The second kappa shape index (κ2) is 5.67. The van der Waals surface area contributed by atoms with Crippen LogP contribution in [-0.4, -0.2) is 33.7 Å². The second-order valence-corrected chi connectivity index (χ2v) is 6.51. The number of anilines is 1. The lowest BCUT2D eigenvalue weighted by atomic mass is 10.1. The zero-order valence-electron chi connectivity index (χ0n) is 12.3. The Kier molecular flexibility index (Phi) is 3.64. The van der Waals surface area contributed by atoms with Crippen LogP contribution in [0.4, 0.5) is 5.82 Å². The predicted octanol–water partition coefficient (Wildman–Crippen LogP) is 3.26. The van der Waals surface area contributed by atoms with Gasteiger partial charge in [0.15, 0.2) is 0 Å². The van der Waals surface area contributed by atoms with Gasteiger partial charge in [0, 0.05) is 43.0 Å². The smallest absolute Gasteiger partial charge is 0.131 e. The maximum Gasteiger partial charge on any atom is 0.131 e. The molecule has 0 aliphatic carbocycles. The van der Waals surface area contributed by atoms with Crippen LogP contribution in [0, 0.1) is 0 Å². The van der Waals surface area contributed by atoms with Crippen LogP contribution in [-0.2, 0) is 0 Å². The molecule has 118 valence electrons. The third kappa shape index (κ3) is 2.55. The van der Waals surface area contributed by atoms with Gasteiger partial charge in [0.1, 0.15) is 5.82 Å². The number of pyridine rings is 1. The Balaban J connectivity index is 1.96. The molecule has 2 aromatic heterocycles. The largest absolute Gasteiger partial charge is 0.355 e. The Bertz CT molecular complexity index is 863. The predicted molar refractivity (Wildman–Crippen MR) is 93.7 cm³/mol. The highest BCUT2D eigenvalue weighted by atomic mass is 35.5. The van der Waals surface area contributed by atoms with Crippen molar-refractivity contribution in [2.24, 2.45) is 5.73 Å². The SMILES string of the molecule is N[C@H]1CCN(c2cc(-n3ccnc3)c3ccc(Cl)c(Cl)c3n2)C1. The maximum atomic E-state index is 6.40. The first-order valence-corrected chi connectivity index (χ1v) is 8.16. The zero-order chi connectivity index (χ0) is 16.0. The van der Waals surface area contributed by atoms with Gasteiger partial charge in [-0.2, -0.15) is 0 Å². The Morgan fingerprint density at radius 1 is 1.26 bits per heavy atom. The van der Waals surface area contributed by atoms with Gasteiger partial charge in [-0.05, 0) is 18.6 Å². The van der Waals surface area contributed by atoms with E-state index < -0.39 is 0 Å². The molecule has 1 atom stereocenters. The number of nitrogens with zero attached hydrogens (tertiary/aromatic N) is 4. The monoisotopic (exact) mass is 347 g/mol. The third-order valence-electron chi connectivity index (χ3n) is 4.17. The van der Waals surface area contributed by atoms with E-state index in [1.54, 1.807) is 18.6 Å². The fourth-order valence-electron chi connectivity index (χ4n) is 2.98. The molecule has 0 unspecified atom stereocenters. The Morgan fingerprint density at radius 2 is 2.13 bits per heavy atom. The molecule has 3 heterocycles. The van der Waals surface area contributed by atoms with E-state index in [0.717, 1.165) is 36.4 Å². The highest BCUT2D eigenvalue weighted by Crippen LogP contribution is 2.35. The first kappa shape index (κ1) is 14.8. The Hall–Kier alpha value is -1.82. The molecule has 1 aliphatic rings. The van der Waals surface area contributed by atoms with Gasteiger partial charge in [-0.3, -0.25) is 0 Å². The van der Waals surface area contributed by atoms with Crippen LogP contribution >= 0.6 is 23.2 Å². The van der Waals surface area contributed by atoms with Crippen LogP contribution < -0.4 is 10.6 Å². The first-order valence-electron chi connectivity index (χ1n) is 7.41. The van der Waals surface area contributed by atoms with Crippen molar-refractivity contribution in [3.05, 3.63) is 47.0 Å². The van der Waals surface area contributed by atoms with Gasteiger partial charge in [-0.15, -0.1) is 0 Å². The summed E-state index contributed by atoms with van der Waals surface area (Å²) < 4.78 is 1.95. The Labute approximate surface area is 143 Å². The van der Waals surface area contributed by atoms with E-state index >= 15 is 0 Å². The van der Waals surface area contributed by atoms with Crippen LogP contribution in [0.25, 0.3) is 16.6 Å². The molecular weight excluding hydrogens is 333 g/mol. The zero-order valence-corrected chi connectivity index (χ0v) is 13.8. The van der Waals surface area contributed by atoms with Gasteiger partial charge < -0.3 is 15.2 Å². The molecule has 1 aliphatic heterocycles. The number of fused-ring (bicyclic) bond motifs is 1. The number of aromatic nitrogens is 3. The van der Waals surface area contributed by atoms with Crippen LogP contribution in [0.2, 0.25) is 10.0 Å². The van der Waals surface area contributed by atoms with Gasteiger partial charge >= 0.3 is 0 Å². The third-order valence-corrected chi connectivity index (χ3v) is 4.96. The minimum absolute atomic E-state index is 0.180. The molecular formula is C16H15Cl2N5. The number of hydrogen-bond donors (Lipinski definition) is 1. The molecule has 1 saturated heterocycles. The highest BCUT2D eigenvalue weighted by Gasteiger charge is 2.22.